The molecule has 0 amide bonds. The summed E-state index contributed by atoms with van der Waals surface area (Å²) >= 11 is 0. The number of anilines is 1. The zero-order valence-corrected chi connectivity index (χ0v) is 19.9. The first-order valence-corrected chi connectivity index (χ1v) is 11.3. The largest absolute Gasteiger partial charge is 0.493 e. The summed E-state index contributed by atoms with van der Waals surface area (Å²) in [4.78, 5) is 4.66. The van der Waals surface area contributed by atoms with Crippen molar-refractivity contribution in [3.05, 3.63) is 108 Å². The van der Waals surface area contributed by atoms with Crippen LogP contribution in [0, 0.1) is 5.41 Å². The van der Waals surface area contributed by atoms with E-state index >= 15 is 0 Å². The van der Waals surface area contributed by atoms with Crippen LogP contribution in [0.1, 0.15) is 12.8 Å². The second-order valence-corrected chi connectivity index (χ2v) is 7.98. The Morgan fingerprint density at radius 2 is 1.94 bits per heavy atom. The van der Waals surface area contributed by atoms with E-state index in [0.29, 0.717) is 41.2 Å². The van der Waals surface area contributed by atoms with Crippen LogP contribution in [0.15, 0.2) is 113 Å². The fourth-order valence-corrected chi connectivity index (χ4v) is 3.77. The first-order chi connectivity index (χ1) is 17.1. The molecule has 1 aromatic carbocycles. The number of benzene rings is 1. The molecule has 1 unspecified atom stereocenters. The van der Waals surface area contributed by atoms with Crippen molar-refractivity contribution in [3.8, 4) is 5.75 Å². The third-order valence-corrected chi connectivity index (χ3v) is 5.54. The molecular formula is C28H29N3O4. The lowest BCUT2D eigenvalue weighted by Gasteiger charge is -2.18. The molecule has 0 radical (unpaired) electrons. The van der Waals surface area contributed by atoms with Crippen molar-refractivity contribution in [1.29, 1.82) is 5.41 Å². The number of methoxy groups -OCH3 is 2. The Morgan fingerprint density at radius 3 is 2.69 bits per heavy atom. The fourth-order valence-electron chi connectivity index (χ4n) is 3.77. The van der Waals surface area contributed by atoms with Gasteiger partial charge in [0.15, 0.2) is 11.5 Å². The summed E-state index contributed by atoms with van der Waals surface area (Å²) in [6, 6.07) is 8.03. The quantitative estimate of drug-likeness (QED) is 0.482. The van der Waals surface area contributed by atoms with Crippen molar-refractivity contribution in [2.75, 3.05) is 26.1 Å². The second-order valence-electron chi connectivity index (χ2n) is 7.98. The highest BCUT2D eigenvalue weighted by atomic mass is 16.5. The highest BCUT2D eigenvalue weighted by molar-refractivity contribution is 6.10. The van der Waals surface area contributed by atoms with Crippen LogP contribution < -0.4 is 10.1 Å². The van der Waals surface area contributed by atoms with Gasteiger partial charge in [-0.05, 0) is 54.8 Å². The first kappa shape index (κ1) is 23.9. The Hall–Kier alpha value is -4.26. The molecule has 0 bridgehead atoms. The van der Waals surface area contributed by atoms with Gasteiger partial charge in [0, 0.05) is 17.3 Å². The minimum Gasteiger partial charge on any atom is -0.493 e. The van der Waals surface area contributed by atoms with Gasteiger partial charge >= 0.3 is 0 Å². The molecule has 2 aliphatic carbocycles. The topological polar surface area (TPSA) is 85.2 Å². The molecule has 0 aromatic heterocycles. The third-order valence-electron chi connectivity index (χ3n) is 5.54. The number of nitrogens with one attached hydrogen (secondary N) is 2. The van der Waals surface area contributed by atoms with Gasteiger partial charge in [-0.3, -0.25) is 5.41 Å². The lowest BCUT2D eigenvalue weighted by atomic mass is 10.0. The molecule has 180 valence electrons. The van der Waals surface area contributed by atoms with Gasteiger partial charge in [0.1, 0.15) is 18.1 Å². The van der Waals surface area contributed by atoms with Crippen LogP contribution in [-0.2, 0) is 14.2 Å². The standard InChI is InChI=1S/C28H29N3O4/c1-4-25(23-16-26(32-2)27(33-3)17-24(23)29)35-22-13-11-20(12-14-22)30-28-31-21(18-34-28)15-19-9-7-5-6-8-10-19/h4-5,7-14,16-17,21,29H,1,6,15,18H2,2-3H3,(H,30,31)/b25-23+,29-24?. The molecule has 0 saturated carbocycles. The number of aliphatic imine (C=N–C) groups is 1. The minimum absolute atomic E-state index is 0.0906. The number of rotatable bonds is 8. The predicted octanol–water partition coefficient (Wildman–Crippen LogP) is 5.60. The van der Waals surface area contributed by atoms with E-state index in [4.69, 9.17) is 24.4 Å². The van der Waals surface area contributed by atoms with E-state index in [9.17, 15) is 0 Å². The van der Waals surface area contributed by atoms with Crippen molar-refractivity contribution in [2.24, 2.45) is 4.99 Å². The molecule has 2 N–H and O–H groups in total. The zero-order valence-electron chi connectivity index (χ0n) is 19.9. The zero-order chi connectivity index (χ0) is 24.6. The predicted molar refractivity (Wildman–Crippen MR) is 139 cm³/mol. The van der Waals surface area contributed by atoms with Crippen molar-refractivity contribution in [1.82, 2.24) is 0 Å². The van der Waals surface area contributed by atoms with E-state index in [0.717, 1.165) is 18.5 Å². The summed E-state index contributed by atoms with van der Waals surface area (Å²) < 4.78 is 22.4. The Bertz CT molecular complexity index is 1200. The Morgan fingerprint density at radius 1 is 1.17 bits per heavy atom. The summed E-state index contributed by atoms with van der Waals surface area (Å²) in [6.07, 6.45) is 17.3. The van der Waals surface area contributed by atoms with Crippen LogP contribution in [0.4, 0.5) is 5.69 Å². The molecule has 1 heterocycles. The summed E-state index contributed by atoms with van der Waals surface area (Å²) in [5.41, 5.74) is 2.88. The second kappa shape index (κ2) is 11.2. The summed E-state index contributed by atoms with van der Waals surface area (Å²) in [5, 5.41) is 11.5. The molecule has 35 heavy (non-hydrogen) atoms. The van der Waals surface area contributed by atoms with E-state index in [1.807, 2.05) is 24.3 Å². The number of hydrogen-bond donors (Lipinski definition) is 2. The average molecular weight is 472 g/mol. The summed E-state index contributed by atoms with van der Waals surface area (Å²) in [7, 11) is 3.09. The van der Waals surface area contributed by atoms with Gasteiger partial charge in [-0.15, -0.1) is 0 Å². The molecule has 4 rings (SSSR count). The maximum atomic E-state index is 8.32. The highest BCUT2D eigenvalue weighted by Crippen LogP contribution is 2.27. The molecule has 1 aromatic rings. The van der Waals surface area contributed by atoms with E-state index in [1.165, 1.54) is 12.7 Å². The maximum Gasteiger partial charge on any atom is 0.289 e. The van der Waals surface area contributed by atoms with Crippen LogP contribution in [0.2, 0.25) is 0 Å². The Kier molecular flexibility index (Phi) is 7.67. The number of ether oxygens (including phenoxy) is 4. The van der Waals surface area contributed by atoms with E-state index in [1.54, 1.807) is 25.3 Å². The lowest BCUT2D eigenvalue weighted by molar-refractivity contribution is 0.220. The van der Waals surface area contributed by atoms with Crippen LogP contribution in [0.25, 0.3) is 0 Å². The van der Waals surface area contributed by atoms with Crippen molar-refractivity contribution in [2.45, 2.75) is 18.9 Å². The molecular weight excluding hydrogens is 442 g/mol. The smallest absolute Gasteiger partial charge is 0.289 e. The molecule has 1 aliphatic heterocycles. The Balaban J connectivity index is 1.40. The fraction of sp³-hybridized carbons (Fsp3) is 0.214. The van der Waals surface area contributed by atoms with Crippen LogP contribution in [0.5, 0.6) is 5.75 Å². The minimum atomic E-state index is 0.0906. The summed E-state index contributed by atoms with van der Waals surface area (Å²) in [5.74, 6) is 2.05. The van der Waals surface area contributed by atoms with Crippen LogP contribution in [0.3, 0.4) is 0 Å². The van der Waals surface area contributed by atoms with Gasteiger partial charge in [0.05, 0.1) is 26.0 Å². The average Bonchev–Trinajstić information content (AvgIpc) is 3.15. The van der Waals surface area contributed by atoms with Crippen LogP contribution in [-0.4, -0.2) is 38.6 Å². The van der Waals surface area contributed by atoms with Gasteiger partial charge < -0.3 is 24.3 Å². The highest BCUT2D eigenvalue weighted by Gasteiger charge is 2.21. The van der Waals surface area contributed by atoms with E-state index < -0.39 is 0 Å². The van der Waals surface area contributed by atoms with E-state index in [2.05, 4.69) is 47.3 Å². The molecule has 0 fully saturated rings. The number of nitrogens with zero attached hydrogens (tertiary/aromatic N) is 1. The lowest BCUT2D eigenvalue weighted by Crippen LogP contribution is -2.12. The van der Waals surface area contributed by atoms with Gasteiger partial charge in [0.2, 0.25) is 0 Å². The molecule has 0 saturated heterocycles. The van der Waals surface area contributed by atoms with E-state index in [-0.39, 0.29) is 11.8 Å². The number of allylic oxidation sites excluding steroid dienone is 9. The van der Waals surface area contributed by atoms with Gasteiger partial charge in [-0.2, -0.15) is 0 Å². The van der Waals surface area contributed by atoms with Crippen molar-refractivity contribution >= 4 is 17.4 Å². The van der Waals surface area contributed by atoms with Crippen molar-refractivity contribution < 1.29 is 18.9 Å². The van der Waals surface area contributed by atoms with Crippen LogP contribution >= 0.6 is 0 Å². The number of amidine groups is 1. The Labute approximate surface area is 205 Å². The molecule has 7 nitrogen and oxygen atoms in total. The van der Waals surface area contributed by atoms with Crippen molar-refractivity contribution in [3.63, 3.8) is 0 Å². The third kappa shape index (κ3) is 6.00. The molecule has 3 aliphatic rings. The molecule has 1 atom stereocenters. The normalized spacial score (nSPS) is 20.5. The molecule has 7 heteroatoms. The SMILES string of the molecule is C=C/C(Oc1ccc(NC2=NC(CC3=CC=CCC=C3)CO2)cc1)=C1/C=C(OC)C(OC)=CC1=N. The van der Waals surface area contributed by atoms with Gasteiger partial charge in [0.25, 0.3) is 6.02 Å². The summed E-state index contributed by atoms with van der Waals surface area (Å²) in [6.45, 7) is 4.39. The monoisotopic (exact) mass is 471 g/mol. The first-order valence-electron chi connectivity index (χ1n) is 11.3. The van der Waals surface area contributed by atoms with Gasteiger partial charge in [-0.1, -0.05) is 37.0 Å². The molecule has 0 spiro atoms. The van der Waals surface area contributed by atoms with Gasteiger partial charge in [-0.25, -0.2) is 4.99 Å². The number of hydrogen-bond acceptors (Lipinski definition) is 7. The maximum absolute atomic E-state index is 8.32.